The van der Waals surface area contributed by atoms with Gasteiger partial charge in [0.05, 0.1) is 0 Å². The van der Waals surface area contributed by atoms with Gasteiger partial charge in [-0.2, -0.15) is 4.98 Å². The summed E-state index contributed by atoms with van der Waals surface area (Å²) in [5.41, 5.74) is 1.98. The van der Waals surface area contributed by atoms with E-state index in [-0.39, 0.29) is 17.3 Å². The Bertz CT molecular complexity index is 581. The van der Waals surface area contributed by atoms with Gasteiger partial charge < -0.3 is 9.84 Å². The second-order valence-electron chi connectivity index (χ2n) is 5.08. The fourth-order valence-corrected chi connectivity index (χ4v) is 1.56. The Balaban J connectivity index is 2.23. The molecule has 2 rings (SSSR count). The van der Waals surface area contributed by atoms with Crippen LogP contribution in [0.3, 0.4) is 0 Å². The molecule has 0 atom stereocenters. The molecule has 0 spiro atoms. The smallest absolute Gasteiger partial charge is 0.449 e. The summed E-state index contributed by atoms with van der Waals surface area (Å²) in [6, 6.07) is 7.67. The van der Waals surface area contributed by atoms with Crippen molar-refractivity contribution >= 4 is 6.16 Å². The van der Waals surface area contributed by atoms with Gasteiger partial charge in [0.15, 0.2) is 0 Å². The second-order valence-corrected chi connectivity index (χ2v) is 5.08. The molecular formula is C13H14N2O4. The first-order valence-electron chi connectivity index (χ1n) is 5.71. The Morgan fingerprint density at radius 2 is 1.89 bits per heavy atom. The van der Waals surface area contributed by atoms with E-state index in [2.05, 4.69) is 40.2 Å². The number of benzene rings is 1. The molecule has 0 saturated carbocycles. The van der Waals surface area contributed by atoms with Crippen molar-refractivity contribution in [2.45, 2.75) is 26.2 Å². The molecule has 6 heteroatoms. The highest BCUT2D eigenvalue weighted by Gasteiger charge is 2.15. The predicted octanol–water partition coefficient (Wildman–Crippen LogP) is 3.09. The first-order valence-corrected chi connectivity index (χ1v) is 5.71. The third-order valence-electron chi connectivity index (χ3n) is 2.59. The zero-order valence-corrected chi connectivity index (χ0v) is 10.9. The lowest BCUT2D eigenvalue weighted by Gasteiger charge is -2.18. The highest BCUT2D eigenvalue weighted by atomic mass is 16.7. The van der Waals surface area contributed by atoms with Crippen LogP contribution >= 0.6 is 0 Å². The maximum atomic E-state index is 10.3. The molecule has 0 aliphatic heterocycles. The van der Waals surface area contributed by atoms with Gasteiger partial charge in [0.2, 0.25) is 5.82 Å². The molecule has 2 aromatic rings. The summed E-state index contributed by atoms with van der Waals surface area (Å²) in [6.45, 7) is 6.36. The topological polar surface area (TPSA) is 85.5 Å². The summed E-state index contributed by atoms with van der Waals surface area (Å²) >= 11 is 0. The van der Waals surface area contributed by atoms with Crippen molar-refractivity contribution in [3.63, 3.8) is 0 Å². The summed E-state index contributed by atoms with van der Waals surface area (Å²) in [5, 5.41) is 12.1. The van der Waals surface area contributed by atoms with Crippen LogP contribution in [0.15, 0.2) is 28.8 Å². The lowest BCUT2D eigenvalue weighted by atomic mass is 9.87. The Hall–Kier alpha value is -2.37. The van der Waals surface area contributed by atoms with Gasteiger partial charge >= 0.3 is 12.2 Å². The second kappa shape index (κ2) is 4.72. The number of nitrogens with zero attached hydrogens (tertiary/aromatic N) is 2. The van der Waals surface area contributed by atoms with Gasteiger partial charge in [-0.15, -0.1) is 0 Å². The normalized spacial score (nSPS) is 11.3. The van der Waals surface area contributed by atoms with Crippen molar-refractivity contribution in [2.75, 3.05) is 0 Å². The SMILES string of the molecule is CC(C)(C)c1ccc(-c2noc(OC(=O)O)n2)cc1. The maximum Gasteiger partial charge on any atom is 0.514 e. The van der Waals surface area contributed by atoms with Crippen molar-refractivity contribution < 1.29 is 19.2 Å². The van der Waals surface area contributed by atoms with Crippen LogP contribution < -0.4 is 4.74 Å². The van der Waals surface area contributed by atoms with E-state index in [0.29, 0.717) is 0 Å². The molecule has 1 heterocycles. The minimum Gasteiger partial charge on any atom is -0.449 e. The van der Waals surface area contributed by atoms with Crippen LogP contribution in [0, 0.1) is 0 Å². The third kappa shape index (κ3) is 3.09. The van der Waals surface area contributed by atoms with Gasteiger partial charge in [0, 0.05) is 5.56 Å². The Morgan fingerprint density at radius 1 is 1.26 bits per heavy atom. The molecule has 1 aromatic heterocycles. The fraction of sp³-hybridized carbons (Fsp3) is 0.308. The molecule has 1 N–H and O–H groups in total. The van der Waals surface area contributed by atoms with Gasteiger partial charge in [-0.25, -0.2) is 4.79 Å². The number of carbonyl (C=O) groups is 1. The first-order chi connectivity index (χ1) is 8.86. The monoisotopic (exact) mass is 262 g/mol. The molecule has 19 heavy (non-hydrogen) atoms. The van der Waals surface area contributed by atoms with Crippen LogP contribution in [0.5, 0.6) is 6.08 Å². The minimum absolute atomic E-state index is 0.0629. The predicted molar refractivity (Wildman–Crippen MR) is 67.1 cm³/mol. The molecule has 0 amide bonds. The van der Waals surface area contributed by atoms with Crippen molar-refractivity contribution in [2.24, 2.45) is 0 Å². The molecule has 0 unspecified atom stereocenters. The van der Waals surface area contributed by atoms with E-state index in [9.17, 15) is 4.79 Å². The average molecular weight is 262 g/mol. The molecule has 0 aliphatic carbocycles. The lowest BCUT2D eigenvalue weighted by Crippen LogP contribution is -2.10. The average Bonchev–Trinajstić information content (AvgIpc) is 2.75. The van der Waals surface area contributed by atoms with Crippen LogP contribution in [0.4, 0.5) is 4.79 Å². The number of hydrogen-bond acceptors (Lipinski definition) is 5. The van der Waals surface area contributed by atoms with Crippen molar-refractivity contribution in [3.8, 4) is 17.5 Å². The molecular weight excluding hydrogens is 248 g/mol. The van der Waals surface area contributed by atoms with E-state index in [4.69, 9.17) is 5.11 Å². The Labute approximate surface area is 110 Å². The molecule has 100 valence electrons. The zero-order valence-electron chi connectivity index (χ0n) is 10.9. The van der Waals surface area contributed by atoms with E-state index in [1.807, 2.05) is 24.3 Å². The van der Waals surface area contributed by atoms with E-state index < -0.39 is 6.16 Å². The highest BCUT2D eigenvalue weighted by molar-refractivity contribution is 5.60. The number of ether oxygens (including phenoxy) is 1. The summed E-state index contributed by atoms with van der Waals surface area (Å²) in [7, 11) is 0. The van der Waals surface area contributed by atoms with E-state index in [1.54, 1.807) is 0 Å². The van der Waals surface area contributed by atoms with Crippen LogP contribution in [0.25, 0.3) is 11.4 Å². The number of hydrogen-bond donors (Lipinski definition) is 1. The Kier molecular flexibility index (Phi) is 3.25. The van der Waals surface area contributed by atoms with Gasteiger partial charge in [-0.1, -0.05) is 50.2 Å². The Morgan fingerprint density at radius 3 is 2.42 bits per heavy atom. The zero-order chi connectivity index (χ0) is 14.0. The number of carboxylic acid groups (broad SMARTS) is 1. The van der Waals surface area contributed by atoms with Crippen LogP contribution in [-0.4, -0.2) is 21.4 Å². The van der Waals surface area contributed by atoms with E-state index >= 15 is 0 Å². The number of aromatic nitrogens is 2. The van der Waals surface area contributed by atoms with E-state index in [1.165, 1.54) is 5.56 Å². The quantitative estimate of drug-likeness (QED) is 0.837. The van der Waals surface area contributed by atoms with Crippen molar-refractivity contribution in [1.29, 1.82) is 0 Å². The fourth-order valence-electron chi connectivity index (χ4n) is 1.56. The van der Waals surface area contributed by atoms with Crippen LogP contribution in [0.1, 0.15) is 26.3 Å². The summed E-state index contributed by atoms with van der Waals surface area (Å²) in [6.07, 6.45) is -1.87. The van der Waals surface area contributed by atoms with E-state index in [0.717, 1.165) is 5.56 Å². The van der Waals surface area contributed by atoms with Gasteiger partial charge in [-0.05, 0) is 11.0 Å². The van der Waals surface area contributed by atoms with Gasteiger partial charge in [-0.3, -0.25) is 4.52 Å². The number of rotatable bonds is 2. The highest BCUT2D eigenvalue weighted by Crippen LogP contribution is 2.25. The molecule has 0 aliphatic rings. The molecule has 0 fully saturated rings. The van der Waals surface area contributed by atoms with Crippen LogP contribution in [-0.2, 0) is 5.41 Å². The maximum absolute atomic E-state index is 10.3. The molecule has 1 aromatic carbocycles. The van der Waals surface area contributed by atoms with Crippen molar-refractivity contribution in [3.05, 3.63) is 29.8 Å². The van der Waals surface area contributed by atoms with Crippen LogP contribution in [0.2, 0.25) is 0 Å². The largest absolute Gasteiger partial charge is 0.514 e. The summed E-state index contributed by atoms with van der Waals surface area (Å²) < 4.78 is 8.93. The molecule has 0 radical (unpaired) electrons. The molecule has 0 saturated heterocycles. The summed E-state index contributed by atoms with van der Waals surface area (Å²) in [5.74, 6) is 0.289. The first kappa shape index (κ1) is 13.1. The summed E-state index contributed by atoms with van der Waals surface area (Å²) in [4.78, 5) is 14.2. The lowest BCUT2D eigenvalue weighted by molar-refractivity contribution is 0.125. The molecule has 6 nitrogen and oxygen atoms in total. The standard InChI is InChI=1S/C13H14N2O4/c1-13(2,3)9-6-4-8(5-7-9)10-14-11(19-15-10)18-12(16)17/h4-7H,1-3H3,(H,16,17). The van der Waals surface area contributed by atoms with Gasteiger partial charge in [0.1, 0.15) is 0 Å². The van der Waals surface area contributed by atoms with Gasteiger partial charge in [0.25, 0.3) is 0 Å². The minimum atomic E-state index is -1.49. The molecule has 0 bridgehead atoms. The van der Waals surface area contributed by atoms with Crippen molar-refractivity contribution in [1.82, 2.24) is 10.1 Å². The third-order valence-corrected chi connectivity index (χ3v) is 2.59.